The molecule has 0 saturated heterocycles. The lowest BCUT2D eigenvalue weighted by Gasteiger charge is -2.14. The van der Waals surface area contributed by atoms with Crippen molar-refractivity contribution in [3.8, 4) is 0 Å². The van der Waals surface area contributed by atoms with Crippen LogP contribution in [-0.2, 0) is 11.8 Å². The number of nitrogens with one attached hydrogen (secondary N) is 2. The van der Waals surface area contributed by atoms with Gasteiger partial charge >= 0.3 is 0 Å². The number of amides is 2. The maximum absolute atomic E-state index is 12.5. The van der Waals surface area contributed by atoms with E-state index in [-0.39, 0.29) is 23.6 Å². The van der Waals surface area contributed by atoms with Crippen LogP contribution in [0.1, 0.15) is 40.3 Å². The van der Waals surface area contributed by atoms with Crippen LogP contribution in [0.25, 0.3) is 0 Å². The van der Waals surface area contributed by atoms with Crippen molar-refractivity contribution < 1.29 is 9.59 Å². The molecule has 1 aromatic heterocycles. The van der Waals surface area contributed by atoms with Gasteiger partial charge in [0.25, 0.3) is 5.91 Å². The SMILES string of the molecule is Cc1cc(I)cc(C)c1NC(=O)CSc1nnc([C@H](C)NC(=O)c2ccccc2)n1C. The number of benzene rings is 2. The molecule has 1 heterocycles. The van der Waals surface area contributed by atoms with Crippen LogP contribution in [-0.4, -0.2) is 32.3 Å². The minimum atomic E-state index is -0.328. The van der Waals surface area contributed by atoms with E-state index in [1.54, 1.807) is 16.7 Å². The van der Waals surface area contributed by atoms with Crippen molar-refractivity contribution in [2.75, 3.05) is 11.1 Å². The lowest BCUT2D eigenvalue weighted by Crippen LogP contribution is -2.28. The van der Waals surface area contributed by atoms with Gasteiger partial charge in [-0.3, -0.25) is 9.59 Å². The van der Waals surface area contributed by atoms with Gasteiger partial charge < -0.3 is 15.2 Å². The molecule has 0 unspecified atom stereocenters. The highest BCUT2D eigenvalue weighted by molar-refractivity contribution is 14.1. The van der Waals surface area contributed by atoms with Crippen molar-refractivity contribution in [3.05, 3.63) is 68.5 Å². The number of hydrogen-bond donors (Lipinski definition) is 2. The van der Waals surface area contributed by atoms with Gasteiger partial charge in [0.1, 0.15) is 0 Å². The van der Waals surface area contributed by atoms with Gasteiger partial charge in [-0.2, -0.15) is 0 Å². The quantitative estimate of drug-likeness (QED) is 0.340. The van der Waals surface area contributed by atoms with E-state index in [1.165, 1.54) is 11.8 Å². The van der Waals surface area contributed by atoms with E-state index in [1.807, 2.05) is 58.2 Å². The van der Waals surface area contributed by atoms with Gasteiger partial charge in [-0.1, -0.05) is 30.0 Å². The number of carbonyl (C=O) groups excluding carboxylic acids is 2. The van der Waals surface area contributed by atoms with Gasteiger partial charge in [-0.25, -0.2) is 0 Å². The summed E-state index contributed by atoms with van der Waals surface area (Å²) in [5, 5.41) is 14.9. The van der Waals surface area contributed by atoms with E-state index in [0.717, 1.165) is 20.4 Å². The van der Waals surface area contributed by atoms with E-state index >= 15 is 0 Å². The minimum absolute atomic E-state index is 0.104. The van der Waals surface area contributed by atoms with E-state index in [0.29, 0.717) is 16.5 Å². The number of aromatic nitrogens is 3. The molecular formula is C22H24IN5O2S. The fraction of sp³-hybridized carbons (Fsp3) is 0.273. The molecule has 9 heteroatoms. The maximum atomic E-state index is 12.5. The second kappa shape index (κ2) is 10.3. The highest BCUT2D eigenvalue weighted by Crippen LogP contribution is 2.24. The predicted molar refractivity (Wildman–Crippen MR) is 131 cm³/mol. The molecule has 0 aliphatic heterocycles. The Morgan fingerprint density at radius 2 is 1.77 bits per heavy atom. The molecule has 3 aromatic rings. The van der Waals surface area contributed by atoms with Crippen molar-refractivity contribution in [1.29, 1.82) is 0 Å². The molecule has 3 rings (SSSR count). The van der Waals surface area contributed by atoms with Gasteiger partial charge in [-0.15, -0.1) is 10.2 Å². The average molecular weight is 549 g/mol. The molecule has 0 radical (unpaired) electrons. The Balaban J connectivity index is 1.60. The summed E-state index contributed by atoms with van der Waals surface area (Å²) in [6.45, 7) is 5.82. The Morgan fingerprint density at radius 3 is 2.42 bits per heavy atom. The summed E-state index contributed by atoms with van der Waals surface area (Å²) in [6, 6.07) is 12.8. The first kappa shape index (κ1) is 23.3. The van der Waals surface area contributed by atoms with Crippen molar-refractivity contribution >= 4 is 51.9 Å². The van der Waals surface area contributed by atoms with Crippen LogP contribution in [0.15, 0.2) is 47.6 Å². The molecular weight excluding hydrogens is 525 g/mol. The highest BCUT2D eigenvalue weighted by Gasteiger charge is 2.19. The third-order valence-corrected chi connectivity index (χ3v) is 6.38. The van der Waals surface area contributed by atoms with Crippen LogP contribution < -0.4 is 10.6 Å². The number of anilines is 1. The smallest absolute Gasteiger partial charge is 0.251 e. The third-order valence-electron chi connectivity index (χ3n) is 4.73. The molecule has 2 N–H and O–H groups in total. The fourth-order valence-corrected chi connectivity index (χ4v) is 4.83. The van der Waals surface area contributed by atoms with Crippen LogP contribution in [0.4, 0.5) is 5.69 Å². The number of hydrogen-bond acceptors (Lipinski definition) is 5. The van der Waals surface area contributed by atoms with E-state index in [4.69, 9.17) is 0 Å². The summed E-state index contributed by atoms with van der Waals surface area (Å²) in [5.74, 6) is 0.554. The number of rotatable bonds is 7. The first-order chi connectivity index (χ1) is 14.8. The molecule has 2 amide bonds. The standard InChI is InChI=1S/C22H24IN5O2S/c1-13-10-17(23)11-14(2)19(13)25-18(29)12-31-22-27-26-20(28(22)4)15(3)24-21(30)16-8-6-5-7-9-16/h5-11,15H,12H2,1-4H3,(H,24,30)(H,25,29)/t15-/m0/s1. The van der Waals surface area contributed by atoms with Crippen LogP contribution >= 0.6 is 34.4 Å². The monoisotopic (exact) mass is 549 g/mol. The van der Waals surface area contributed by atoms with E-state index in [2.05, 4.69) is 43.4 Å². The molecule has 0 saturated carbocycles. The summed E-state index contributed by atoms with van der Waals surface area (Å²) >= 11 is 3.57. The molecule has 2 aromatic carbocycles. The molecule has 162 valence electrons. The van der Waals surface area contributed by atoms with Gasteiger partial charge in [0.15, 0.2) is 11.0 Å². The minimum Gasteiger partial charge on any atom is -0.342 e. The molecule has 0 bridgehead atoms. The molecule has 31 heavy (non-hydrogen) atoms. The first-order valence-electron chi connectivity index (χ1n) is 9.71. The maximum Gasteiger partial charge on any atom is 0.251 e. The Bertz CT molecular complexity index is 1080. The van der Waals surface area contributed by atoms with Crippen molar-refractivity contribution in [3.63, 3.8) is 0 Å². The zero-order valence-corrected chi connectivity index (χ0v) is 20.7. The number of thioether (sulfide) groups is 1. The lowest BCUT2D eigenvalue weighted by atomic mass is 10.1. The Morgan fingerprint density at radius 1 is 1.13 bits per heavy atom. The Kier molecular flexibility index (Phi) is 7.71. The zero-order valence-electron chi connectivity index (χ0n) is 17.8. The van der Waals surface area contributed by atoms with Crippen LogP contribution in [0.3, 0.4) is 0 Å². The number of carbonyl (C=O) groups is 2. The molecule has 1 atom stereocenters. The van der Waals surface area contributed by atoms with E-state index < -0.39 is 0 Å². The highest BCUT2D eigenvalue weighted by atomic mass is 127. The lowest BCUT2D eigenvalue weighted by molar-refractivity contribution is -0.113. The average Bonchev–Trinajstić information content (AvgIpc) is 3.10. The summed E-state index contributed by atoms with van der Waals surface area (Å²) in [7, 11) is 1.83. The molecule has 7 nitrogen and oxygen atoms in total. The summed E-state index contributed by atoms with van der Waals surface area (Å²) in [5.41, 5.74) is 3.50. The largest absolute Gasteiger partial charge is 0.342 e. The summed E-state index contributed by atoms with van der Waals surface area (Å²) < 4.78 is 2.94. The summed E-state index contributed by atoms with van der Waals surface area (Å²) in [6.07, 6.45) is 0. The molecule has 0 aliphatic carbocycles. The second-order valence-corrected chi connectivity index (χ2v) is 9.40. The van der Waals surface area contributed by atoms with Crippen LogP contribution in [0, 0.1) is 17.4 Å². The first-order valence-corrected chi connectivity index (χ1v) is 11.8. The molecule has 0 fully saturated rings. The van der Waals surface area contributed by atoms with Crippen LogP contribution in [0.5, 0.6) is 0 Å². The normalized spacial score (nSPS) is 11.8. The molecule has 0 aliphatic rings. The number of halogens is 1. The van der Waals surface area contributed by atoms with Gasteiger partial charge in [0, 0.05) is 21.9 Å². The Labute approximate surface area is 199 Å². The van der Waals surface area contributed by atoms with Crippen LogP contribution in [0.2, 0.25) is 0 Å². The zero-order chi connectivity index (χ0) is 22.5. The van der Waals surface area contributed by atoms with Gasteiger partial charge in [0.2, 0.25) is 5.91 Å². The predicted octanol–water partition coefficient (Wildman–Crippen LogP) is 4.26. The topological polar surface area (TPSA) is 88.9 Å². The van der Waals surface area contributed by atoms with E-state index in [9.17, 15) is 9.59 Å². The van der Waals surface area contributed by atoms with Gasteiger partial charge in [0.05, 0.1) is 11.8 Å². The van der Waals surface area contributed by atoms with Gasteiger partial charge in [-0.05, 0) is 78.8 Å². The number of nitrogens with zero attached hydrogens (tertiary/aromatic N) is 3. The van der Waals surface area contributed by atoms with Crippen molar-refractivity contribution in [2.24, 2.45) is 7.05 Å². The second-order valence-electron chi connectivity index (χ2n) is 7.21. The fourth-order valence-electron chi connectivity index (χ4n) is 3.18. The summed E-state index contributed by atoms with van der Waals surface area (Å²) in [4.78, 5) is 24.9. The third kappa shape index (κ3) is 5.85. The van der Waals surface area contributed by atoms with Crippen molar-refractivity contribution in [2.45, 2.75) is 32.0 Å². The van der Waals surface area contributed by atoms with Crippen molar-refractivity contribution in [1.82, 2.24) is 20.1 Å². The molecule has 0 spiro atoms. The Hall–Kier alpha value is -2.40. The number of aryl methyl sites for hydroxylation is 2.